The number of amides is 1. The van der Waals surface area contributed by atoms with E-state index in [1.54, 1.807) is 7.11 Å². The summed E-state index contributed by atoms with van der Waals surface area (Å²) in [6.07, 6.45) is -15.3. The van der Waals surface area contributed by atoms with Crippen LogP contribution in [0, 0.1) is 0 Å². The summed E-state index contributed by atoms with van der Waals surface area (Å²) in [6.45, 7) is 11.0. The van der Waals surface area contributed by atoms with E-state index in [1.165, 1.54) is 11.1 Å². The summed E-state index contributed by atoms with van der Waals surface area (Å²) in [5, 5.41) is 27.9. The number of nitrogens with one attached hydrogen (secondary N) is 2. The quantitative estimate of drug-likeness (QED) is 0.136. The van der Waals surface area contributed by atoms with Gasteiger partial charge in [-0.1, -0.05) is 36.4 Å². The normalized spacial score (nSPS) is 15.6. The molecule has 0 unspecified atom stereocenters. The fourth-order valence-corrected chi connectivity index (χ4v) is 5.61. The van der Waals surface area contributed by atoms with Crippen molar-refractivity contribution in [3.63, 3.8) is 0 Å². The molecule has 13 nitrogen and oxygen atoms in total. The summed E-state index contributed by atoms with van der Waals surface area (Å²) in [4.78, 5) is 44.8. The fraction of sp³-hybridized carbons (Fsp3) is 0.436. The number of benzene rings is 3. The Morgan fingerprint density at radius 2 is 1.13 bits per heavy atom. The molecule has 0 saturated carbocycles. The van der Waals surface area contributed by atoms with Gasteiger partial charge < -0.3 is 35.2 Å². The zero-order chi connectivity index (χ0) is 46.2. The number of hydrogen-bond donors (Lipinski definition) is 5. The number of carboxylic acid groups (broad SMARTS) is 3. The maximum absolute atomic E-state index is 13.1. The van der Waals surface area contributed by atoms with Crippen LogP contribution in [-0.2, 0) is 34.0 Å². The smallest absolute Gasteiger partial charge is 0.490 e. The number of methoxy groups -OCH3 is 1. The Morgan fingerprint density at radius 1 is 0.672 bits per heavy atom. The fourth-order valence-electron chi connectivity index (χ4n) is 5.61. The van der Waals surface area contributed by atoms with Crippen molar-refractivity contribution in [2.24, 2.45) is 0 Å². The number of rotatable bonds is 9. The van der Waals surface area contributed by atoms with Gasteiger partial charge in [-0.2, -0.15) is 39.5 Å². The van der Waals surface area contributed by atoms with Gasteiger partial charge >= 0.3 is 36.4 Å². The molecular formula is C39H47F9N5O8+. The lowest BCUT2D eigenvalue weighted by Crippen LogP contribution is -2.54. The highest BCUT2D eigenvalue weighted by Crippen LogP contribution is 2.32. The summed E-state index contributed by atoms with van der Waals surface area (Å²) in [6, 6.07) is 22.9. The van der Waals surface area contributed by atoms with Crippen molar-refractivity contribution in [1.82, 2.24) is 20.4 Å². The number of hydrogen-bond acceptors (Lipinski definition) is 8. The first-order valence-corrected chi connectivity index (χ1v) is 18.2. The molecule has 2 aliphatic rings. The summed E-state index contributed by atoms with van der Waals surface area (Å²) < 4.78 is 102. The van der Waals surface area contributed by atoms with Crippen molar-refractivity contribution in [2.45, 2.75) is 38.2 Å². The Hall–Kier alpha value is -5.45. The van der Waals surface area contributed by atoms with Crippen LogP contribution < -0.4 is 15.4 Å². The van der Waals surface area contributed by atoms with Gasteiger partial charge in [0, 0.05) is 70.0 Å². The number of carbonyl (C=O) groups excluding carboxylic acids is 1. The van der Waals surface area contributed by atoms with Crippen molar-refractivity contribution in [1.29, 1.82) is 0 Å². The van der Waals surface area contributed by atoms with Gasteiger partial charge in [0.15, 0.2) is 0 Å². The second-order valence-electron chi connectivity index (χ2n) is 14.2. The first-order valence-electron chi connectivity index (χ1n) is 18.2. The molecule has 1 amide bonds. The van der Waals surface area contributed by atoms with Gasteiger partial charge in [0.05, 0.1) is 34.3 Å². The molecule has 2 fully saturated rings. The SMILES string of the molecule is COc1ccc(CNC(=O)c2cccc(CN3CC[N+](C)(C)CC3)c2)cc1-c1cccc(CN2CCNCC2)c1.O=C(O)C(F)(F)F.O=C(O)C(F)(F)F.O=C(O)C(F)(F)F. The summed E-state index contributed by atoms with van der Waals surface area (Å²) in [7, 11) is 6.29. The minimum absolute atomic E-state index is 0.0475. The van der Waals surface area contributed by atoms with E-state index in [0.29, 0.717) is 12.1 Å². The molecule has 3 aromatic rings. The Balaban J connectivity index is 0.000000502. The molecule has 22 heteroatoms. The van der Waals surface area contributed by atoms with E-state index < -0.39 is 36.4 Å². The van der Waals surface area contributed by atoms with Gasteiger partial charge in [-0.3, -0.25) is 14.6 Å². The van der Waals surface area contributed by atoms with Gasteiger partial charge in [-0.05, 0) is 52.6 Å². The third-order valence-corrected chi connectivity index (χ3v) is 8.94. The van der Waals surface area contributed by atoms with E-state index in [9.17, 15) is 44.3 Å². The highest BCUT2D eigenvalue weighted by atomic mass is 19.4. The second kappa shape index (κ2) is 23.0. The van der Waals surface area contributed by atoms with Crippen LogP contribution in [0.5, 0.6) is 5.75 Å². The maximum atomic E-state index is 13.1. The van der Waals surface area contributed by atoms with Crippen molar-refractivity contribution in [3.8, 4) is 16.9 Å². The number of ether oxygens (including phenoxy) is 1. The summed E-state index contributed by atoms with van der Waals surface area (Å²) in [5.74, 6) is -7.48. The van der Waals surface area contributed by atoms with Crippen LogP contribution in [0.15, 0.2) is 66.7 Å². The van der Waals surface area contributed by atoms with Crippen LogP contribution in [-0.4, -0.2) is 146 Å². The predicted octanol–water partition coefficient (Wildman–Crippen LogP) is 5.49. The zero-order valence-electron chi connectivity index (χ0n) is 33.3. The number of nitrogens with zero attached hydrogens (tertiary/aromatic N) is 3. The Kier molecular flexibility index (Phi) is 19.5. The Bertz CT molecular complexity index is 1850. The number of piperazine rings is 2. The largest absolute Gasteiger partial charge is 0.496 e. The van der Waals surface area contributed by atoms with E-state index in [1.807, 2.05) is 30.3 Å². The highest BCUT2D eigenvalue weighted by molar-refractivity contribution is 5.94. The topological polar surface area (TPSA) is 169 Å². The Morgan fingerprint density at radius 3 is 1.61 bits per heavy atom. The number of carbonyl (C=O) groups is 4. The number of likely N-dealkylation sites (N-methyl/N-ethyl adjacent to an activating group) is 1. The Labute approximate surface area is 344 Å². The van der Waals surface area contributed by atoms with E-state index in [0.717, 1.165) is 92.4 Å². The molecule has 0 aromatic heterocycles. The van der Waals surface area contributed by atoms with Gasteiger partial charge in [-0.15, -0.1) is 0 Å². The van der Waals surface area contributed by atoms with Crippen LogP contribution in [0.2, 0.25) is 0 Å². The number of halogens is 9. The average molecular weight is 885 g/mol. The third kappa shape index (κ3) is 19.2. The van der Waals surface area contributed by atoms with E-state index in [4.69, 9.17) is 34.4 Å². The molecule has 5 N–H and O–H groups in total. The van der Waals surface area contributed by atoms with E-state index >= 15 is 0 Å². The van der Waals surface area contributed by atoms with Gasteiger partial charge in [0.1, 0.15) is 5.75 Å². The molecule has 0 aliphatic carbocycles. The van der Waals surface area contributed by atoms with Crippen molar-refractivity contribution in [2.75, 3.05) is 73.6 Å². The number of alkyl halides is 9. The first-order chi connectivity index (χ1) is 28.2. The molecule has 0 spiro atoms. The molecule has 3 aromatic carbocycles. The van der Waals surface area contributed by atoms with Crippen LogP contribution in [0.4, 0.5) is 39.5 Å². The van der Waals surface area contributed by atoms with Crippen LogP contribution in [0.3, 0.4) is 0 Å². The van der Waals surface area contributed by atoms with Gasteiger partial charge in [0.2, 0.25) is 0 Å². The standard InChI is InChI=1S/C33H43N5O2.3C2HF3O2/c1-38(2)18-16-37(17-19-38)25-28-7-5-9-30(21-28)33(39)35-23-26-10-11-32(40-3)31(22-26)29-8-4-6-27(20-29)24-36-14-12-34-13-15-36;3*3-2(4,5)1(6)7/h4-11,20-22,34H,12-19,23-25H2,1-3H3;3*(H,6,7)/p+1. The highest BCUT2D eigenvalue weighted by Gasteiger charge is 2.39. The molecule has 61 heavy (non-hydrogen) atoms. The molecule has 0 bridgehead atoms. The average Bonchev–Trinajstić information content (AvgIpc) is 3.18. The minimum Gasteiger partial charge on any atom is -0.496 e. The van der Waals surface area contributed by atoms with Crippen molar-refractivity contribution in [3.05, 3.63) is 89.0 Å². The molecule has 338 valence electrons. The molecular weight excluding hydrogens is 837 g/mol. The lowest BCUT2D eigenvalue weighted by atomic mass is 9.99. The summed E-state index contributed by atoms with van der Waals surface area (Å²) in [5.41, 5.74) is 6.41. The first kappa shape index (κ1) is 51.7. The third-order valence-electron chi connectivity index (χ3n) is 8.94. The predicted molar refractivity (Wildman–Crippen MR) is 202 cm³/mol. The van der Waals surface area contributed by atoms with E-state index in [-0.39, 0.29) is 5.91 Å². The lowest BCUT2D eigenvalue weighted by Gasteiger charge is -2.39. The van der Waals surface area contributed by atoms with Crippen LogP contribution in [0.25, 0.3) is 11.1 Å². The number of carboxylic acids is 3. The molecule has 0 atom stereocenters. The summed E-state index contributed by atoms with van der Waals surface area (Å²) >= 11 is 0. The minimum atomic E-state index is -5.08. The maximum Gasteiger partial charge on any atom is 0.490 e. The monoisotopic (exact) mass is 884 g/mol. The van der Waals surface area contributed by atoms with Crippen molar-refractivity contribution < 1.29 is 83.2 Å². The van der Waals surface area contributed by atoms with Crippen LogP contribution in [0.1, 0.15) is 27.0 Å². The van der Waals surface area contributed by atoms with Gasteiger partial charge in [0.25, 0.3) is 5.91 Å². The van der Waals surface area contributed by atoms with Gasteiger partial charge in [-0.25, -0.2) is 14.4 Å². The molecule has 2 saturated heterocycles. The molecule has 5 rings (SSSR count). The lowest BCUT2D eigenvalue weighted by molar-refractivity contribution is -0.894. The van der Waals surface area contributed by atoms with E-state index in [2.05, 4.69) is 70.9 Å². The molecule has 2 heterocycles. The molecule has 0 radical (unpaired) electrons. The molecule has 2 aliphatic heterocycles. The van der Waals surface area contributed by atoms with Crippen LogP contribution >= 0.6 is 0 Å². The number of aliphatic carboxylic acids is 3. The van der Waals surface area contributed by atoms with Crippen molar-refractivity contribution >= 4 is 23.8 Å². The zero-order valence-corrected chi connectivity index (χ0v) is 33.3. The second-order valence-corrected chi connectivity index (χ2v) is 14.2. The number of quaternary nitrogens is 1.